The number of nitrogens with one attached hydrogen (secondary N) is 1. The molecular formula is C14H20N2O3S. The average molecular weight is 296 g/mol. The van der Waals surface area contributed by atoms with Crippen molar-refractivity contribution < 1.29 is 14.3 Å². The molecule has 0 aliphatic carbocycles. The van der Waals surface area contributed by atoms with Crippen LogP contribution in [0, 0.1) is 12.3 Å². The van der Waals surface area contributed by atoms with Gasteiger partial charge in [-0.1, -0.05) is 20.8 Å². The van der Waals surface area contributed by atoms with Crippen LogP contribution in [-0.4, -0.2) is 30.0 Å². The number of ether oxygens (including phenoxy) is 1. The molecule has 5 nitrogen and oxygen atoms in total. The third-order valence-corrected chi connectivity index (χ3v) is 3.42. The largest absolute Gasteiger partial charge is 0.467 e. The van der Waals surface area contributed by atoms with Crippen molar-refractivity contribution in [3.05, 3.63) is 22.2 Å². The number of methoxy groups -OCH3 is 1. The SMILES string of the molecule is COC(=O)[C@H](NC(=O)/C=C\c1csc(C)n1)C(C)(C)C. The Bertz CT molecular complexity index is 515. The van der Waals surface area contributed by atoms with E-state index in [1.807, 2.05) is 33.1 Å². The van der Waals surface area contributed by atoms with Gasteiger partial charge in [-0.15, -0.1) is 11.3 Å². The molecule has 0 radical (unpaired) electrons. The van der Waals surface area contributed by atoms with Crippen LogP contribution >= 0.6 is 11.3 Å². The molecule has 1 N–H and O–H groups in total. The summed E-state index contributed by atoms with van der Waals surface area (Å²) in [7, 11) is 1.31. The number of carbonyl (C=O) groups excluding carboxylic acids is 2. The number of hydrogen-bond donors (Lipinski definition) is 1. The lowest BCUT2D eigenvalue weighted by atomic mass is 9.86. The Kier molecular flexibility index (Phi) is 5.44. The molecule has 0 saturated heterocycles. The van der Waals surface area contributed by atoms with Crippen molar-refractivity contribution in [3.8, 4) is 0 Å². The van der Waals surface area contributed by atoms with Crippen molar-refractivity contribution in [2.75, 3.05) is 7.11 Å². The third kappa shape index (κ3) is 4.77. The summed E-state index contributed by atoms with van der Waals surface area (Å²) in [5.74, 6) is -0.801. The minimum absolute atomic E-state index is 0.346. The predicted octanol–water partition coefficient (Wildman–Crippen LogP) is 2.17. The highest BCUT2D eigenvalue weighted by Gasteiger charge is 2.33. The van der Waals surface area contributed by atoms with Crippen LogP contribution in [0.5, 0.6) is 0 Å². The van der Waals surface area contributed by atoms with E-state index in [0.29, 0.717) is 0 Å². The first-order valence-electron chi connectivity index (χ1n) is 6.22. The Labute approximate surface area is 123 Å². The number of esters is 1. The lowest BCUT2D eigenvalue weighted by Crippen LogP contribution is -2.49. The summed E-state index contributed by atoms with van der Waals surface area (Å²) in [5.41, 5.74) is 0.307. The molecule has 0 aliphatic rings. The van der Waals surface area contributed by atoms with E-state index in [2.05, 4.69) is 10.3 Å². The Hall–Kier alpha value is -1.69. The Morgan fingerprint density at radius 1 is 1.45 bits per heavy atom. The Morgan fingerprint density at radius 3 is 2.55 bits per heavy atom. The van der Waals surface area contributed by atoms with Crippen LogP contribution in [0.1, 0.15) is 31.5 Å². The van der Waals surface area contributed by atoms with Crippen LogP contribution in [0.3, 0.4) is 0 Å². The van der Waals surface area contributed by atoms with Gasteiger partial charge in [-0.25, -0.2) is 9.78 Å². The van der Waals surface area contributed by atoms with Gasteiger partial charge in [-0.05, 0) is 18.4 Å². The molecule has 0 spiro atoms. The summed E-state index contributed by atoms with van der Waals surface area (Å²) in [6.07, 6.45) is 2.99. The molecule has 20 heavy (non-hydrogen) atoms. The smallest absolute Gasteiger partial charge is 0.328 e. The molecular weight excluding hydrogens is 276 g/mol. The minimum atomic E-state index is -0.693. The molecule has 0 aliphatic heterocycles. The molecule has 1 rings (SSSR count). The Balaban J connectivity index is 2.72. The molecule has 0 fully saturated rings. The second kappa shape index (κ2) is 6.65. The van der Waals surface area contributed by atoms with Gasteiger partial charge in [0.1, 0.15) is 6.04 Å². The van der Waals surface area contributed by atoms with Crippen LogP contribution in [0.25, 0.3) is 6.08 Å². The highest BCUT2D eigenvalue weighted by atomic mass is 32.1. The van der Waals surface area contributed by atoms with E-state index in [0.717, 1.165) is 10.7 Å². The van der Waals surface area contributed by atoms with E-state index >= 15 is 0 Å². The monoisotopic (exact) mass is 296 g/mol. The fraction of sp³-hybridized carbons (Fsp3) is 0.500. The molecule has 1 atom stereocenters. The van der Waals surface area contributed by atoms with E-state index in [1.54, 1.807) is 6.08 Å². The number of thiazole rings is 1. The lowest BCUT2D eigenvalue weighted by Gasteiger charge is -2.28. The summed E-state index contributed by atoms with van der Waals surface area (Å²) in [6.45, 7) is 7.49. The number of carbonyl (C=O) groups is 2. The highest BCUT2D eigenvalue weighted by molar-refractivity contribution is 7.09. The lowest BCUT2D eigenvalue weighted by molar-refractivity contribution is -0.147. The average Bonchev–Trinajstić information content (AvgIpc) is 2.77. The molecule has 1 aromatic heterocycles. The van der Waals surface area contributed by atoms with Crippen molar-refractivity contribution in [2.24, 2.45) is 5.41 Å². The van der Waals surface area contributed by atoms with Gasteiger partial charge in [0.2, 0.25) is 5.91 Å². The number of hydrogen-bond acceptors (Lipinski definition) is 5. The number of nitrogens with zero attached hydrogens (tertiary/aromatic N) is 1. The van der Waals surface area contributed by atoms with E-state index < -0.39 is 17.4 Å². The van der Waals surface area contributed by atoms with E-state index in [9.17, 15) is 9.59 Å². The fourth-order valence-corrected chi connectivity index (χ4v) is 2.14. The number of aromatic nitrogens is 1. The molecule has 0 unspecified atom stereocenters. The van der Waals surface area contributed by atoms with Gasteiger partial charge >= 0.3 is 5.97 Å². The van der Waals surface area contributed by atoms with Gasteiger partial charge in [-0.2, -0.15) is 0 Å². The van der Waals surface area contributed by atoms with E-state index in [-0.39, 0.29) is 5.91 Å². The second-order valence-corrected chi connectivity index (χ2v) is 6.52. The van der Waals surface area contributed by atoms with Crippen molar-refractivity contribution in [3.63, 3.8) is 0 Å². The van der Waals surface area contributed by atoms with Crippen LogP contribution in [0.15, 0.2) is 11.5 Å². The minimum Gasteiger partial charge on any atom is -0.467 e. The second-order valence-electron chi connectivity index (χ2n) is 5.46. The first-order chi connectivity index (χ1) is 9.24. The van der Waals surface area contributed by atoms with Crippen molar-refractivity contribution in [1.29, 1.82) is 0 Å². The first-order valence-corrected chi connectivity index (χ1v) is 7.10. The maximum absolute atomic E-state index is 11.9. The zero-order chi connectivity index (χ0) is 15.3. The van der Waals surface area contributed by atoms with Gasteiger partial charge in [0.15, 0.2) is 0 Å². The van der Waals surface area contributed by atoms with Gasteiger partial charge < -0.3 is 10.1 Å². The van der Waals surface area contributed by atoms with Crippen LogP contribution in [-0.2, 0) is 14.3 Å². The maximum atomic E-state index is 11.9. The number of amides is 1. The quantitative estimate of drug-likeness (QED) is 0.683. The van der Waals surface area contributed by atoms with Gasteiger partial charge in [0, 0.05) is 11.5 Å². The standard InChI is InChI=1S/C14H20N2O3S/c1-9-15-10(8-20-9)6-7-11(17)16-12(13(18)19-5)14(2,3)4/h6-8,12H,1-5H3,(H,16,17)/b7-6-/t12-/m0/s1. The van der Waals surface area contributed by atoms with Gasteiger partial charge in [0.05, 0.1) is 17.8 Å². The summed E-state index contributed by atoms with van der Waals surface area (Å²) >= 11 is 1.51. The van der Waals surface area contributed by atoms with Gasteiger partial charge in [-0.3, -0.25) is 4.79 Å². The van der Waals surface area contributed by atoms with Gasteiger partial charge in [0.25, 0.3) is 0 Å². The normalized spacial score (nSPS) is 13.2. The van der Waals surface area contributed by atoms with Crippen molar-refractivity contribution >= 4 is 29.3 Å². The summed E-state index contributed by atoms with van der Waals surface area (Å²) in [6, 6.07) is -0.693. The number of aryl methyl sites for hydroxylation is 1. The van der Waals surface area contributed by atoms with Crippen molar-refractivity contribution in [1.82, 2.24) is 10.3 Å². The molecule has 0 bridgehead atoms. The zero-order valence-corrected chi connectivity index (χ0v) is 13.2. The van der Waals surface area contributed by atoms with Crippen LogP contribution in [0.2, 0.25) is 0 Å². The third-order valence-electron chi connectivity index (χ3n) is 2.63. The molecule has 0 aromatic carbocycles. The molecule has 1 heterocycles. The predicted molar refractivity (Wildman–Crippen MR) is 79.3 cm³/mol. The van der Waals surface area contributed by atoms with Crippen LogP contribution < -0.4 is 5.32 Å². The fourth-order valence-electron chi connectivity index (χ4n) is 1.55. The molecule has 110 valence electrons. The zero-order valence-electron chi connectivity index (χ0n) is 12.4. The highest BCUT2D eigenvalue weighted by Crippen LogP contribution is 2.20. The first kappa shape index (κ1) is 16.4. The maximum Gasteiger partial charge on any atom is 0.328 e. The molecule has 0 saturated carbocycles. The van der Waals surface area contributed by atoms with Crippen molar-refractivity contribution in [2.45, 2.75) is 33.7 Å². The topological polar surface area (TPSA) is 68.3 Å². The summed E-state index contributed by atoms with van der Waals surface area (Å²) < 4.78 is 4.72. The molecule has 1 aromatic rings. The molecule has 1 amide bonds. The molecule has 6 heteroatoms. The summed E-state index contributed by atoms with van der Waals surface area (Å²) in [5, 5.41) is 5.46. The van der Waals surface area contributed by atoms with E-state index in [4.69, 9.17) is 4.74 Å². The number of rotatable bonds is 4. The summed E-state index contributed by atoms with van der Waals surface area (Å²) in [4.78, 5) is 27.8. The Morgan fingerprint density at radius 2 is 2.10 bits per heavy atom. The van der Waals surface area contributed by atoms with E-state index in [1.165, 1.54) is 24.5 Å². The van der Waals surface area contributed by atoms with Crippen LogP contribution in [0.4, 0.5) is 0 Å².